The van der Waals surface area contributed by atoms with Crippen molar-refractivity contribution >= 4 is 24.3 Å². The van der Waals surface area contributed by atoms with E-state index in [2.05, 4.69) is 11.7 Å². The molecular weight excluding hydrogens is 186 g/mol. The van der Waals surface area contributed by atoms with Crippen LogP contribution in [0, 0.1) is 0 Å². The average Bonchev–Trinajstić information content (AvgIpc) is 2.16. The first kappa shape index (κ1) is 9.91. The fourth-order valence-electron chi connectivity index (χ4n) is 0.949. The minimum absolute atomic E-state index is 0.118. The molecule has 0 spiro atoms. The van der Waals surface area contributed by atoms with Gasteiger partial charge in [0.05, 0.1) is 16.8 Å². The van der Waals surface area contributed by atoms with Crippen molar-refractivity contribution in [3.05, 3.63) is 29.3 Å². The number of carboxylic acids is 2. The molecule has 0 heterocycles. The van der Waals surface area contributed by atoms with Gasteiger partial charge in [-0.2, -0.15) is 0 Å². The van der Waals surface area contributed by atoms with Crippen LogP contribution in [0.4, 0.5) is 5.69 Å². The van der Waals surface area contributed by atoms with E-state index in [1.54, 1.807) is 0 Å². The lowest BCUT2D eigenvalue weighted by Crippen LogP contribution is -2.01. The van der Waals surface area contributed by atoms with E-state index in [0.29, 0.717) is 0 Å². The zero-order chi connectivity index (χ0) is 10.7. The van der Waals surface area contributed by atoms with Crippen LogP contribution >= 0.6 is 0 Å². The first-order valence-electron chi connectivity index (χ1n) is 3.63. The second kappa shape index (κ2) is 3.69. The molecule has 1 aromatic carbocycles. The van der Waals surface area contributed by atoms with Gasteiger partial charge >= 0.3 is 11.9 Å². The Labute approximate surface area is 79.3 Å². The first-order chi connectivity index (χ1) is 6.54. The van der Waals surface area contributed by atoms with Crippen LogP contribution in [0.25, 0.3) is 0 Å². The molecule has 0 atom stereocenters. The third-order valence-electron chi connectivity index (χ3n) is 1.59. The predicted octanol–water partition coefficient (Wildman–Crippen LogP) is 1.42. The van der Waals surface area contributed by atoms with Gasteiger partial charge in [0.15, 0.2) is 0 Å². The highest BCUT2D eigenvalue weighted by atomic mass is 16.4. The van der Waals surface area contributed by atoms with E-state index in [4.69, 9.17) is 10.2 Å². The number of carbonyl (C=O) groups is 2. The highest BCUT2D eigenvalue weighted by Crippen LogP contribution is 2.17. The highest BCUT2D eigenvalue weighted by molar-refractivity contribution is 5.95. The summed E-state index contributed by atoms with van der Waals surface area (Å²) in [4.78, 5) is 24.7. The second-order valence-electron chi connectivity index (χ2n) is 2.54. The molecule has 14 heavy (non-hydrogen) atoms. The Hall–Kier alpha value is -2.17. The molecule has 0 aliphatic carbocycles. The van der Waals surface area contributed by atoms with Gasteiger partial charge in [-0.25, -0.2) is 9.59 Å². The van der Waals surface area contributed by atoms with Crippen LogP contribution in [-0.2, 0) is 0 Å². The Kier molecular flexibility index (Phi) is 2.62. The molecule has 0 fully saturated rings. The smallest absolute Gasteiger partial charge is 0.335 e. The van der Waals surface area contributed by atoms with E-state index in [1.807, 2.05) is 0 Å². The van der Waals surface area contributed by atoms with Crippen molar-refractivity contribution in [2.45, 2.75) is 0 Å². The molecule has 1 aromatic rings. The molecular formula is C9H7NO4. The summed E-state index contributed by atoms with van der Waals surface area (Å²) < 4.78 is 0. The minimum atomic E-state index is -1.20. The lowest BCUT2D eigenvalue weighted by Gasteiger charge is -2.00. The van der Waals surface area contributed by atoms with Crippen molar-refractivity contribution in [2.24, 2.45) is 4.99 Å². The third kappa shape index (κ3) is 1.95. The van der Waals surface area contributed by atoms with Gasteiger partial charge in [0.25, 0.3) is 0 Å². The number of aliphatic imine (C=N–C) groups is 1. The summed E-state index contributed by atoms with van der Waals surface area (Å²) in [6, 6.07) is 3.57. The third-order valence-corrected chi connectivity index (χ3v) is 1.59. The molecule has 1 rings (SSSR count). The molecule has 72 valence electrons. The minimum Gasteiger partial charge on any atom is -0.478 e. The van der Waals surface area contributed by atoms with Gasteiger partial charge in [0.1, 0.15) is 0 Å². The number of nitrogens with zero attached hydrogens (tertiary/aromatic N) is 1. The molecule has 0 unspecified atom stereocenters. The molecule has 0 radical (unpaired) electrons. The van der Waals surface area contributed by atoms with Crippen LogP contribution in [-0.4, -0.2) is 28.9 Å². The average molecular weight is 193 g/mol. The fourth-order valence-corrected chi connectivity index (χ4v) is 0.949. The molecule has 2 N–H and O–H groups in total. The number of hydrogen-bond donors (Lipinski definition) is 2. The fraction of sp³-hybridized carbons (Fsp3) is 0. The topological polar surface area (TPSA) is 87.0 Å². The van der Waals surface area contributed by atoms with E-state index in [1.165, 1.54) is 12.1 Å². The van der Waals surface area contributed by atoms with Gasteiger partial charge in [0, 0.05) is 0 Å². The molecule has 0 aliphatic rings. The summed E-state index contributed by atoms with van der Waals surface area (Å²) in [6.07, 6.45) is 0. The van der Waals surface area contributed by atoms with Crippen molar-refractivity contribution in [2.75, 3.05) is 0 Å². The van der Waals surface area contributed by atoms with Crippen LogP contribution in [0.2, 0.25) is 0 Å². The van der Waals surface area contributed by atoms with Gasteiger partial charge in [-0.1, -0.05) is 0 Å². The van der Waals surface area contributed by atoms with Crippen LogP contribution in [0.15, 0.2) is 23.2 Å². The Morgan fingerprint density at radius 2 is 1.50 bits per heavy atom. The van der Waals surface area contributed by atoms with Gasteiger partial charge in [-0.3, -0.25) is 4.99 Å². The zero-order valence-electron chi connectivity index (χ0n) is 7.10. The maximum Gasteiger partial charge on any atom is 0.335 e. The molecule has 5 heteroatoms. The van der Waals surface area contributed by atoms with E-state index in [9.17, 15) is 9.59 Å². The number of aromatic carboxylic acids is 2. The summed E-state index contributed by atoms with van der Waals surface area (Å²) in [5.41, 5.74) is -0.0121. The van der Waals surface area contributed by atoms with Crippen molar-refractivity contribution in [3.8, 4) is 0 Å². The molecule has 0 amide bonds. The van der Waals surface area contributed by atoms with Crippen molar-refractivity contribution in [1.29, 1.82) is 0 Å². The molecule has 0 saturated heterocycles. The SMILES string of the molecule is C=Nc1cc(C(=O)O)cc(C(=O)O)c1. The van der Waals surface area contributed by atoms with E-state index in [0.717, 1.165) is 6.07 Å². The van der Waals surface area contributed by atoms with E-state index >= 15 is 0 Å². The summed E-state index contributed by atoms with van der Waals surface area (Å²) in [5.74, 6) is -2.39. The summed E-state index contributed by atoms with van der Waals surface area (Å²) in [5, 5.41) is 17.3. The van der Waals surface area contributed by atoms with Crippen molar-refractivity contribution in [1.82, 2.24) is 0 Å². The summed E-state index contributed by atoms with van der Waals surface area (Å²) in [7, 11) is 0. The maximum atomic E-state index is 10.6. The molecule has 0 bridgehead atoms. The number of rotatable bonds is 3. The van der Waals surface area contributed by atoms with Crippen LogP contribution in [0.5, 0.6) is 0 Å². The highest BCUT2D eigenvalue weighted by Gasteiger charge is 2.10. The molecule has 0 saturated carbocycles. The number of benzene rings is 1. The second-order valence-corrected chi connectivity index (χ2v) is 2.54. The standard InChI is InChI=1S/C9H7NO4/c1-10-7-3-5(8(11)12)2-6(4-7)9(13)14/h2-4H,1H2,(H,11,12)(H,13,14). The normalized spacial score (nSPS) is 9.43. The zero-order valence-corrected chi connectivity index (χ0v) is 7.10. The largest absolute Gasteiger partial charge is 0.478 e. The van der Waals surface area contributed by atoms with Crippen LogP contribution in [0.1, 0.15) is 20.7 Å². The lowest BCUT2D eigenvalue weighted by atomic mass is 10.1. The van der Waals surface area contributed by atoms with Crippen LogP contribution < -0.4 is 0 Å². The quantitative estimate of drug-likeness (QED) is 0.710. The van der Waals surface area contributed by atoms with Crippen molar-refractivity contribution in [3.63, 3.8) is 0 Å². The Morgan fingerprint density at radius 1 is 1.07 bits per heavy atom. The number of carboxylic acid groups (broad SMARTS) is 2. The van der Waals surface area contributed by atoms with Gasteiger partial charge in [-0.05, 0) is 24.9 Å². The molecule has 0 aliphatic heterocycles. The summed E-state index contributed by atoms with van der Waals surface area (Å²) in [6.45, 7) is 3.20. The predicted molar refractivity (Wildman–Crippen MR) is 49.6 cm³/mol. The molecule has 5 nitrogen and oxygen atoms in total. The maximum absolute atomic E-state index is 10.6. The first-order valence-corrected chi connectivity index (χ1v) is 3.63. The van der Waals surface area contributed by atoms with E-state index < -0.39 is 11.9 Å². The Morgan fingerprint density at radius 3 is 1.79 bits per heavy atom. The Bertz CT molecular complexity index is 379. The monoisotopic (exact) mass is 193 g/mol. The van der Waals surface area contributed by atoms with Crippen molar-refractivity contribution < 1.29 is 19.8 Å². The van der Waals surface area contributed by atoms with Crippen LogP contribution in [0.3, 0.4) is 0 Å². The molecule has 0 aromatic heterocycles. The van der Waals surface area contributed by atoms with Gasteiger partial charge in [0.2, 0.25) is 0 Å². The Balaban J connectivity index is 3.34. The van der Waals surface area contributed by atoms with Gasteiger partial charge in [-0.15, -0.1) is 0 Å². The van der Waals surface area contributed by atoms with E-state index in [-0.39, 0.29) is 16.8 Å². The lowest BCUT2D eigenvalue weighted by molar-refractivity contribution is 0.0696. The van der Waals surface area contributed by atoms with Gasteiger partial charge < -0.3 is 10.2 Å². The summed E-state index contributed by atoms with van der Waals surface area (Å²) >= 11 is 0. The number of hydrogen-bond acceptors (Lipinski definition) is 3.